The van der Waals surface area contributed by atoms with E-state index >= 15 is 0 Å². The van der Waals surface area contributed by atoms with Crippen LogP contribution >= 0.6 is 0 Å². The maximum Gasteiger partial charge on any atom is 0.339 e. The van der Waals surface area contributed by atoms with Gasteiger partial charge >= 0.3 is 10.1 Å². The summed E-state index contributed by atoms with van der Waals surface area (Å²) in [5, 5.41) is 0. The smallest absolute Gasteiger partial charge is 0.339 e. The van der Waals surface area contributed by atoms with Gasteiger partial charge in [0.15, 0.2) is 0 Å². The molecule has 0 fully saturated rings. The maximum atomic E-state index is 11.9. The van der Waals surface area contributed by atoms with Crippen molar-refractivity contribution in [3.05, 3.63) is 42.2 Å². The lowest BCUT2D eigenvalue weighted by atomic mass is 10.2. The first-order valence-electron chi connectivity index (χ1n) is 5.73. The Balaban J connectivity index is 2.89. The van der Waals surface area contributed by atoms with Gasteiger partial charge in [-0.05, 0) is 32.6 Å². The summed E-state index contributed by atoms with van der Waals surface area (Å²) in [5.41, 5.74) is 0.930. The fourth-order valence-corrected chi connectivity index (χ4v) is 2.18. The Hall–Kier alpha value is -1.82. The summed E-state index contributed by atoms with van der Waals surface area (Å²) < 4.78 is 28.6. The molecule has 1 aromatic carbocycles. The molecule has 0 atom stereocenters. The highest BCUT2D eigenvalue weighted by Crippen LogP contribution is 2.16. The van der Waals surface area contributed by atoms with E-state index in [-0.39, 0.29) is 4.90 Å². The van der Waals surface area contributed by atoms with Gasteiger partial charge in [0.1, 0.15) is 4.90 Å². The van der Waals surface area contributed by atoms with Crippen LogP contribution in [0.15, 0.2) is 41.5 Å². The van der Waals surface area contributed by atoms with E-state index in [1.165, 1.54) is 24.1 Å². The molecule has 0 saturated heterocycles. The molecule has 6 heteroatoms. The monoisotopic (exact) mass is 283 g/mol. The quantitative estimate of drug-likeness (QED) is 0.468. The van der Waals surface area contributed by atoms with E-state index in [1.54, 1.807) is 19.1 Å². The highest BCUT2D eigenvalue weighted by atomic mass is 32.2. The topological polar surface area (TPSA) is 63.7 Å². The first-order chi connectivity index (χ1) is 8.77. The first-order valence-corrected chi connectivity index (χ1v) is 7.14. The third-order valence-electron chi connectivity index (χ3n) is 2.58. The van der Waals surface area contributed by atoms with Crippen LogP contribution in [0.3, 0.4) is 0 Å². The highest BCUT2D eigenvalue weighted by Gasteiger charge is 2.22. The molecule has 0 spiro atoms. The molecule has 5 nitrogen and oxygen atoms in total. The van der Waals surface area contributed by atoms with Gasteiger partial charge in [0.25, 0.3) is 5.91 Å². The number of rotatable bonds is 5. The number of carbonyl (C=O) groups excluding carboxylic acids is 1. The van der Waals surface area contributed by atoms with Crippen molar-refractivity contribution in [2.75, 3.05) is 13.6 Å². The molecule has 0 aliphatic rings. The van der Waals surface area contributed by atoms with Gasteiger partial charge in [-0.2, -0.15) is 8.42 Å². The van der Waals surface area contributed by atoms with Gasteiger partial charge in [-0.1, -0.05) is 17.7 Å². The molecule has 0 aliphatic heterocycles. The molecule has 104 valence electrons. The molecule has 0 heterocycles. The predicted molar refractivity (Wildman–Crippen MR) is 71.9 cm³/mol. The molecule has 19 heavy (non-hydrogen) atoms. The average Bonchev–Trinajstić information content (AvgIpc) is 2.36. The number of benzene rings is 1. The number of hydrogen-bond acceptors (Lipinski definition) is 4. The fourth-order valence-electron chi connectivity index (χ4n) is 1.28. The van der Waals surface area contributed by atoms with E-state index in [0.717, 1.165) is 5.56 Å². The summed E-state index contributed by atoms with van der Waals surface area (Å²) in [6.07, 6.45) is 0. The Morgan fingerprint density at radius 1 is 1.32 bits per heavy atom. The Kier molecular flexibility index (Phi) is 4.72. The van der Waals surface area contributed by atoms with Gasteiger partial charge in [-0.25, -0.2) is 0 Å². The maximum absolute atomic E-state index is 11.9. The van der Waals surface area contributed by atoms with E-state index in [1.807, 2.05) is 6.92 Å². The molecule has 1 amide bonds. The zero-order chi connectivity index (χ0) is 14.6. The molecular weight excluding hydrogens is 266 g/mol. The third-order valence-corrected chi connectivity index (χ3v) is 3.85. The van der Waals surface area contributed by atoms with Crippen LogP contribution in [0.1, 0.15) is 12.5 Å². The second kappa shape index (κ2) is 5.88. The standard InChI is InChI=1S/C13H17NO4S/c1-5-14(4)13(15)11(3)18-19(16,17)12-8-6-10(2)7-9-12/h6-9H,3,5H2,1-2,4H3. The van der Waals surface area contributed by atoms with Crippen molar-refractivity contribution >= 4 is 16.0 Å². The third kappa shape index (κ3) is 3.82. The zero-order valence-corrected chi connectivity index (χ0v) is 12.0. The summed E-state index contributed by atoms with van der Waals surface area (Å²) in [6, 6.07) is 6.15. The molecule has 0 unspecified atom stereocenters. The fraction of sp³-hybridized carbons (Fsp3) is 0.308. The van der Waals surface area contributed by atoms with E-state index in [4.69, 9.17) is 4.18 Å². The van der Waals surface area contributed by atoms with E-state index < -0.39 is 21.8 Å². The van der Waals surface area contributed by atoms with Crippen LogP contribution in [0.4, 0.5) is 0 Å². The second-order valence-corrected chi connectivity index (χ2v) is 5.64. The van der Waals surface area contributed by atoms with E-state index in [0.29, 0.717) is 6.54 Å². The van der Waals surface area contributed by atoms with Gasteiger partial charge < -0.3 is 9.08 Å². The van der Waals surface area contributed by atoms with Crippen molar-refractivity contribution in [1.82, 2.24) is 4.90 Å². The van der Waals surface area contributed by atoms with Crippen molar-refractivity contribution in [3.8, 4) is 0 Å². The lowest BCUT2D eigenvalue weighted by Gasteiger charge is -2.16. The largest absolute Gasteiger partial charge is 0.374 e. The summed E-state index contributed by atoms with van der Waals surface area (Å²) in [4.78, 5) is 13.0. The molecule has 0 saturated carbocycles. The minimum Gasteiger partial charge on any atom is -0.374 e. The van der Waals surface area contributed by atoms with E-state index in [2.05, 4.69) is 6.58 Å². The summed E-state index contributed by atoms with van der Waals surface area (Å²) in [6.45, 7) is 7.40. The lowest BCUT2D eigenvalue weighted by Crippen LogP contribution is -2.29. The van der Waals surface area contributed by atoms with Crippen molar-refractivity contribution in [1.29, 1.82) is 0 Å². The SMILES string of the molecule is C=C(OS(=O)(=O)c1ccc(C)cc1)C(=O)N(C)CC. The number of carbonyl (C=O) groups is 1. The number of nitrogens with zero attached hydrogens (tertiary/aromatic N) is 1. The Morgan fingerprint density at radius 2 is 1.84 bits per heavy atom. The number of amides is 1. The van der Waals surface area contributed by atoms with Gasteiger partial charge in [-0.15, -0.1) is 0 Å². The van der Waals surface area contributed by atoms with Crippen LogP contribution < -0.4 is 0 Å². The Labute approximate surface area is 113 Å². The van der Waals surface area contributed by atoms with Crippen LogP contribution in [-0.4, -0.2) is 32.8 Å². The second-order valence-electron chi connectivity index (χ2n) is 4.09. The molecule has 0 aliphatic carbocycles. The summed E-state index contributed by atoms with van der Waals surface area (Å²) >= 11 is 0. The van der Waals surface area contributed by atoms with Gasteiger partial charge in [-0.3, -0.25) is 4.79 Å². The number of hydrogen-bond donors (Lipinski definition) is 0. The van der Waals surface area contributed by atoms with Crippen molar-refractivity contribution in [2.45, 2.75) is 18.7 Å². The molecule has 1 aromatic rings. The van der Waals surface area contributed by atoms with E-state index in [9.17, 15) is 13.2 Å². The molecule has 0 N–H and O–H groups in total. The zero-order valence-electron chi connectivity index (χ0n) is 11.2. The van der Waals surface area contributed by atoms with Crippen LogP contribution in [0.25, 0.3) is 0 Å². The Morgan fingerprint density at radius 3 is 2.32 bits per heavy atom. The molecule has 0 bridgehead atoms. The number of aryl methyl sites for hydroxylation is 1. The van der Waals surface area contributed by atoms with Crippen molar-refractivity contribution in [3.63, 3.8) is 0 Å². The Bertz CT molecular complexity index is 575. The predicted octanol–water partition coefficient (Wildman–Crippen LogP) is 1.69. The minimum atomic E-state index is -4.01. The summed E-state index contributed by atoms with van der Waals surface area (Å²) in [7, 11) is -2.47. The molecule has 1 rings (SSSR count). The molecular formula is C13H17NO4S. The van der Waals surface area contributed by atoms with Gasteiger partial charge in [0.05, 0.1) is 0 Å². The van der Waals surface area contributed by atoms with Gasteiger partial charge in [0, 0.05) is 13.6 Å². The molecule has 0 radical (unpaired) electrons. The van der Waals surface area contributed by atoms with Crippen LogP contribution in [-0.2, 0) is 19.1 Å². The van der Waals surface area contributed by atoms with Crippen LogP contribution in [0.5, 0.6) is 0 Å². The highest BCUT2D eigenvalue weighted by molar-refractivity contribution is 7.86. The van der Waals surface area contributed by atoms with Crippen molar-refractivity contribution in [2.24, 2.45) is 0 Å². The first kappa shape index (κ1) is 15.2. The van der Waals surface area contributed by atoms with Crippen LogP contribution in [0.2, 0.25) is 0 Å². The average molecular weight is 283 g/mol. The normalized spacial score (nSPS) is 10.9. The number of likely N-dealkylation sites (N-methyl/N-ethyl adjacent to an activating group) is 1. The summed E-state index contributed by atoms with van der Waals surface area (Å²) in [5.74, 6) is -0.969. The minimum absolute atomic E-state index is 0.00815. The molecule has 0 aromatic heterocycles. The van der Waals surface area contributed by atoms with Crippen molar-refractivity contribution < 1.29 is 17.4 Å². The van der Waals surface area contributed by atoms with Crippen LogP contribution in [0, 0.1) is 6.92 Å². The lowest BCUT2D eigenvalue weighted by molar-refractivity contribution is -0.127. The van der Waals surface area contributed by atoms with Gasteiger partial charge in [0.2, 0.25) is 5.76 Å².